The van der Waals surface area contributed by atoms with Gasteiger partial charge in [-0.15, -0.1) is 0 Å². The average Bonchev–Trinajstić information content (AvgIpc) is 2.84. The first-order chi connectivity index (χ1) is 12.5. The molecular weight excluding hydrogens is 336 g/mol. The summed E-state index contributed by atoms with van der Waals surface area (Å²) in [6.07, 6.45) is 6.23. The third-order valence-electron chi connectivity index (χ3n) is 5.65. The van der Waals surface area contributed by atoms with Gasteiger partial charge in [-0.2, -0.15) is 0 Å². The number of carbonyl (C=O) groups excluding carboxylic acids is 1. The first-order valence-corrected chi connectivity index (χ1v) is 9.70. The zero-order valence-corrected chi connectivity index (χ0v) is 15.5. The lowest BCUT2D eigenvalue weighted by molar-refractivity contribution is -0.127. The fraction of sp³-hybridized carbons (Fsp3) is 0.650. The van der Waals surface area contributed by atoms with Gasteiger partial charge in [0, 0.05) is 25.7 Å². The zero-order chi connectivity index (χ0) is 18.5. The van der Waals surface area contributed by atoms with Gasteiger partial charge in [0.15, 0.2) is 11.6 Å². The standard InChI is InChI=1S/C20H29F2N3O/c1-24-10-4-2-3-5-19(24)20(26)23-16-8-11-25(12-9-16)14-15-6-7-17(21)18(22)13-15/h6-7,13,16,19H,2-5,8-12,14H2,1H3,(H,23,26)/t19-/m0/s1. The van der Waals surface area contributed by atoms with E-state index in [4.69, 9.17) is 0 Å². The number of halogens is 2. The second-order valence-electron chi connectivity index (χ2n) is 7.65. The smallest absolute Gasteiger partial charge is 0.237 e. The Morgan fingerprint density at radius 1 is 1.08 bits per heavy atom. The zero-order valence-electron chi connectivity index (χ0n) is 15.5. The highest BCUT2D eigenvalue weighted by atomic mass is 19.2. The molecule has 1 N–H and O–H groups in total. The van der Waals surface area contributed by atoms with Crippen LogP contribution in [-0.2, 0) is 11.3 Å². The van der Waals surface area contributed by atoms with E-state index in [9.17, 15) is 13.6 Å². The van der Waals surface area contributed by atoms with Crippen LogP contribution in [-0.4, -0.2) is 54.5 Å². The predicted octanol–water partition coefficient (Wildman–Crippen LogP) is 2.92. The molecule has 4 nitrogen and oxygen atoms in total. The largest absolute Gasteiger partial charge is 0.352 e. The maximum Gasteiger partial charge on any atom is 0.237 e. The summed E-state index contributed by atoms with van der Waals surface area (Å²) in [5, 5.41) is 3.23. The second kappa shape index (κ2) is 8.91. The van der Waals surface area contributed by atoms with Crippen LogP contribution >= 0.6 is 0 Å². The predicted molar refractivity (Wildman–Crippen MR) is 97.7 cm³/mol. The van der Waals surface area contributed by atoms with Gasteiger partial charge in [0.1, 0.15) is 0 Å². The molecule has 2 heterocycles. The molecule has 26 heavy (non-hydrogen) atoms. The van der Waals surface area contributed by atoms with Gasteiger partial charge in [0.25, 0.3) is 0 Å². The van der Waals surface area contributed by atoms with Crippen molar-refractivity contribution in [1.82, 2.24) is 15.1 Å². The number of nitrogens with zero attached hydrogens (tertiary/aromatic N) is 2. The van der Waals surface area contributed by atoms with E-state index in [2.05, 4.69) is 15.1 Å². The van der Waals surface area contributed by atoms with Crippen LogP contribution in [0.3, 0.4) is 0 Å². The van der Waals surface area contributed by atoms with Gasteiger partial charge in [-0.05, 0) is 57.0 Å². The summed E-state index contributed by atoms with van der Waals surface area (Å²) in [6.45, 7) is 3.31. The van der Waals surface area contributed by atoms with E-state index in [1.54, 1.807) is 6.07 Å². The Hall–Kier alpha value is -1.53. The molecule has 2 aliphatic heterocycles. The summed E-state index contributed by atoms with van der Waals surface area (Å²) >= 11 is 0. The van der Waals surface area contributed by atoms with Crippen LogP contribution in [0.25, 0.3) is 0 Å². The first kappa shape index (κ1) is 19.2. The molecule has 6 heteroatoms. The molecule has 0 bridgehead atoms. The molecule has 1 aromatic carbocycles. The monoisotopic (exact) mass is 365 g/mol. The Bertz CT molecular complexity index is 617. The van der Waals surface area contributed by atoms with Gasteiger partial charge in [-0.1, -0.05) is 18.9 Å². The molecule has 1 amide bonds. The Morgan fingerprint density at radius 2 is 1.85 bits per heavy atom. The molecule has 2 saturated heterocycles. The number of amides is 1. The van der Waals surface area contributed by atoms with Crippen LogP contribution in [0.2, 0.25) is 0 Å². The first-order valence-electron chi connectivity index (χ1n) is 9.70. The van der Waals surface area contributed by atoms with Crippen molar-refractivity contribution in [3.05, 3.63) is 35.4 Å². The molecule has 1 atom stereocenters. The molecule has 144 valence electrons. The summed E-state index contributed by atoms with van der Waals surface area (Å²) in [5.41, 5.74) is 0.784. The van der Waals surface area contributed by atoms with Crippen LogP contribution in [0.4, 0.5) is 8.78 Å². The minimum atomic E-state index is -0.807. The SMILES string of the molecule is CN1CCCCC[C@H]1C(=O)NC1CCN(Cc2ccc(F)c(F)c2)CC1. The number of rotatable bonds is 4. The topological polar surface area (TPSA) is 35.6 Å². The Kier molecular flexibility index (Phi) is 6.59. The van der Waals surface area contributed by atoms with Crippen LogP contribution < -0.4 is 5.32 Å². The minimum Gasteiger partial charge on any atom is -0.352 e. The maximum atomic E-state index is 13.3. The third-order valence-corrected chi connectivity index (χ3v) is 5.65. The minimum absolute atomic E-state index is 0.00211. The van der Waals surface area contributed by atoms with Crippen molar-refractivity contribution in [3.8, 4) is 0 Å². The number of hydrogen-bond donors (Lipinski definition) is 1. The van der Waals surface area contributed by atoms with E-state index in [0.29, 0.717) is 6.54 Å². The van der Waals surface area contributed by atoms with E-state index in [1.165, 1.54) is 25.0 Å². The van der Waals surface area contributed by atoms with Crippen molar-refractivity contribution in [3.63, 3.8) is 0 Å². The van der Waals surface area contributed by atoms with Gasteiger partial charge in [-0.25, -0.2) is 8.78 Å². The Morgan fingerprint density at radius 3 is 2.58 bits per heavy atom. The number of nitrogens with one attached hydrogen (secondary N) is 1. The Balaban J connectivity index is 1.45. The van der Waals surface area contributed by atoms with Crippen LogP contribution in [0.5, 0.6) is 0 Å². The average molecular weight is 365 g/mol. The highest BCUT2D eigenvalue weighted by Gasteiger charge is 2.28. The molecule has 0 unspecified atom stereocenters. The number of piperidine rings is 1. The summed E-state index contributed by atoms with van der Waals surface area (Å²) in [6, 6.07) is 4.29. The summed E-state index contributed by atoms with van der Waals surface area (Å²) < 4.78 is 26.4. The summed E-state index contributed by atoms with van der Waals surface area (Å²) in [4.78, 5) is 17.0. The van der Waals surface area contributed by atoms with E-state index >= 15 is 0 Å². The van der Waals surface area contributed by atoms with E-state index < -0.39 is 11.6 Å². The molecule has 1 aromatic rings. The maximum absolute atomic E-state index is 13.3. The van der Waals surface area contributed by atoms with Crippen molar-refractivity contribution in [2.24, 2.45) is 0 Å². The van der Waals surface area contributed by atoms with Gasteiger partial charge in [0.05, 0.1) is 6.04 Å². The number of benzene rings is 1. The number of hydrogen-bond acceptors (Lipinski definition) is 3. The molecule has 2 fully saturated rings. The Labute approximate surface area is 154 Å². The summed E-state index contributed by atoms with van der Waals surface area (Å²) in [5.74, 6) is -1.44. The second-order valence-corrected chi connectivity index (χ2v) is 7.65. The van der Waals surface area contributed by atoms with Gasteiger partial charge in [0.2, 0.25) is 5.91 Å². The van der Waals surface area contributed by atoms with Crippen molar-refractivity contribution in [2.75, 3.05) is 26.7 Å². The molecule has 2 aliphatic rings. The summed E-state index contributed by atoms with van der Waals surface area (Å²) in [7, 11) is 2.04. The van der Waals surface area contributed by atoms with Gasteiger partial charge >= 0.3 is 0 Å². The van der Waals surface area contributed by atoms with Crippen LogP contribution in [0.15, 0.2) is 18.2 Å². The van der Waals surface area contributed by atoms with Crippen molar-refractivity contribution in [1.29, 1.82) is 0 Å². The number of carbonyl (C=O) groups is 1. The third kappa shape index (κ3) is 5.01. The van der Waals surface area contributed by atoms with E-state index in [1.807, 2.05) is 7.05 Å². The highest BCUT2D eigenvalue weighted by Crippen LogP contribution is 2.18. The normalized spacial score (nSPS) is 23.6. The molecule has 3 rings (SSSR count). The number of likely N-dealkylation sites (tertiary alicyclic amines) is 2. The molecule has 0 aromatic heterocycles. The van der Waals surface area contributed by atoms with Gasteiger partial charge in [-0.3, -0.25) is 14.6 Å². The lowest BCUT2D eigenvalue weighted by Gasteiger charge is -2.34. The van der Waals surface area contributed by atoms with E-state index in [0.717, 1.165) is 50.9 Å². The highest BCUT2D eigenvalue weighted by molar-refractivity contribution is 5.82. The van der Waals surface area contributed by atoms with E-state index in [-0.39, 0.29) is 18.0 Å². The molecule has 0 radical (unpaired) electrons. The van der Waals surface area contributed by atoms with Gasteiger partial charge < -0.3 is 5.32 Å². The number of likely N-dealkylation sites (N-methyl/N-ethyl adjacent to an activating group) is 1. The molecule has 0 aliphatic carbocycles. The fourth-order valence-electron chi connectivity index (χ4n) is 4.01. The molecule has 0 spiro atoms. The van der Waals surface area contributed by atoms with Crippen molar-refractivity contribution in [2.45, 2.75) is 57.2 Å². The molecule has 0 saturated carbocycles. The quantitative estimate of drug-likeness (QED) is 0.891. The van der Waals surface area contributed by atoms with Crippen LogP contribution in [0, 0.1) is 11.6 Å². The lowest BCUT2D eigenvalue weighted by atomic mass is 10.0. The van der Waals surface area contributed by atoms with Crippen molar-refractivity contribution >= 4 is 5.91 Å². The molecular formula is C20H29F2N3O. The lowest BCUT2D eigenvalue weighted by Crippen LogP contribution is -2.51. The van der Waals surface area contributed by atoms with Crippen LogP contribution in [0.1, 0.15) is 44.1 Å². The van der Waals surface area contributed by atoms with Crippen molar-refractivity contribution < 1.29 is 13.6 Å². The fourth-order valence-corrected chi connectivity index (χ4v) is 4.01.